The maximum Gasteiger partial charge on any atom is 0.251 e. The lowest BCUT2D eigenvalue weighted by molar-refractivity contribution is 0.0954. The van der Waals surface area contributed by atoms with Crippen molar-refractivity contribution in [2.24, 2.45) is 0 Å². The van der Waals surface area contributed by atoms with Crippen LogP contribution in [0.3, 0.4) is 0 Å². The second kappa shape index (κ2) is 6.06. The minimum atomic E-state index is -0.0371. The molecule has 0 aliphatic rings. The molecule has 18 heavy (non-hydrogen) atoms. The molecule has 3 N–H and O–H groups in total. The minimum Gasteiger partial charge on any atom is -0.375 e. The van der Waals surface area contributed by atoms with Crippen molar-refractivity contribution >= 4 is 44.4 Å². The number of carbonyl (C=O) groups excluding carboxylic acids is 1. The Labute approximate surface area is 114 Å². The number of aromatic nitrogens is 1. The first-order valence-corrected chi connectivity index (χ1v) is 7.85. The molecule has 0 atom stereocenters. The third-order valence-electron chi connectivity index (χ3n) is 2.48. The molecule has 0 spiro atoms. The fraction of sp³-hybridized carbons (Fsp3) is 0.333. The molecule has 0 radical (unpaired) electrons. The Hall–Kier alpha value is -1.27. The zero-order chi connectivity index (χ0) is 13.0. The number of rotatable bonds is 5. The summed E-state index contributed by atoms with van der Waals surface area (Å²) in [7, 11) is 0. The van der Waals surface area contributed by atoms with Gasteiger partial charge in [0.1, 0.15) is 0 Å². The lowest BCUT2D eigenvalue weighted by atomic mass is 10.2. The zero-order valence-electron chi connectivity index (χ0n) is 10.1. The van der Waals surface area contributed by atoms with Crippen molar-refractivity contribution in [2.45, 2.75) is 6.42 Å². The topological polar surface area (TPSA) is 68.0 Å². The Morgan fingerprint density at radius 3 is 3.17 bits per heavy atom. The number of hydrogen-bond donors (Lipinski definition) is 2. The van der Waals surface area contributed by atoms with Crippen LogP contribution in [0.5, 0.6) is 0 Å². The van der Waals surface area contributed by atoms with Gasteiger partial charge in [-0.25, -0.2) is 4.98 Å². The molecule has 1 heterocycles. The van der Waals surface area contributed by atoms with Gasteiger partial charge in [0.15, 0.2) is 5.13 Å². The molecule has 2 aromatic rings. The molecule has 1 amide bonds. The number of nitrogens with two attached hydrogens (primary N) is 1. The van der Waals surface area contributed by atoms with E-state index in [2.05, 4.69) is 16.6 Å². The molecule has 1 aromatic heterocycles. The summed E-state index contributed by atoms with van der Waals surface area (Å²) >= 11 is 3.18. The molecule has 0 aliphatic heterocycles. The van der Waals surface area contributed by atoms with Crippen molar-refractivity contribution in [1.82, 2.24) is 10.3 Å². The molecule has 0 saturated carbocycles. The van der Waals surface area contributed by atoms with E-state index >= 15 is 0 Å². The van der Waals surface area contributed by atoms with Gasteiger partial charge in [0, 0.05) is 12.1 Å². The van der Waals surface area contributed by atoms with E-state index in [-0.39, 0.29) is 5.91 Å². The summed E-state index contributed by atoms with van der Waals surface area (Å²) in [4.78, 5) is 16.1. The van der Waals surface area contributed by atoms with Crippen molar-refractivity contribution in [2.75, 3.05) is 24.3 Å². The number of hydrogen-bond acceptors (Lipinski definition) is 5. The van der Waals surface area contributed by atoms with Crippen molar-refractivity contribution in [3.8, 4) is 0 Å². The lowest BCUT2D eigenvalue weighted by Crippen LogP contribution is -2.24. The highest BCUT2D eigenvalue weighted by Crippen LogP contribution is 2.24. The van der Waals surface area contributed by atoms with E-state index in [0.29, 0.717) is 17.2 Å². The van der Waals surface area contributed by atoms with Gasteiger partial charge >= 0.3 is 0 Å². The van der Waals surface area contributed by atoms with E-state index in [1.54, 1.807) is 17.8 Å². The first-order valence-electron chi connectivity index (χ1n) is 5.64. The van der Waals surface area contributed by atoms with Gasteiger partial charge in [-0.1, -0.05) is 11.3 Å². The van der Waals surface area contributed by atoms with E-state index in [1.165, 1.54) is 11.3 Å². The second-order valence-corrected chi connectivity index (χ2v) is 5.88. The minimum absolute atomic E-state index is 0.0371. The first kappa shape index (κ1) is 13.2. The van der Waals surface area contributed by atoms with Gasteiger partial charge in [0.05, 0.1) is 10.2 Å². The van der Waals surface area contributed by atoms with Crippen molar-refractivity contribution in [3.05, 3.63) is 23.8 Å². The Morgan fingerprint density at radius 1 is 1.56 bits per heavy atom. The number of amides is 1. The number of anilines is 1. The highest BCUT2D eigenvalue weighted by atomic mass is 32.2. The Bertz CT molecular complexity index is 553. The summed E-state index contributed by atoms with van der Waals surface area (Å²) in [6.07, 6.45) is 3.05. The molecular formula is C12H15N3OS2. The number of thiazole rings is 1. The van der Waals surface area contributed by atoms with Crippen molar-refractivity contribution in [1.29, 1.82) is 0 Å². The van der Waals surface area contributed by atoms with Gasteiger partial charge in [-0.3, -0.25) is 4.79 Å². The van der Waals surface area contributed by atoms with Crippen LogP contribution in [0.15, 0.2) is 18.2 Å². The molecule has 96 valence electrons. The van der Waals surface area contributed by atoms with Gasteiger partial charge in [-0.15, -0.1) is 0 Å². The first-order chi connectivity index (χ1) is 8.70. The number of fused-ring (bicyclic) bond motifs is 1. The average molecular weight is 281 g/mol. The standard InChI is InChI=1S/C12H15N3OS2/c1-17-6-2-5-14-11(16)8-3-4-9-10(7-8)18-12(13)15-9/h3-4,7H,2,5-6H2,1H3,(H2,13,15)(H,14,16). The van der Waals surface area contributed by atoms with Gasteiger partial charge < -0.3 is 11.1 Å². The van der Waals surface area contributed by atoms with Gasteiger partial charge in [0.25, 0.3) is 5.91 Å². The Morgan fingerprint density at radius 2 is 2.39 bits per heavy atom. The predicted molar refractivity (Wildman–Crippen MR) is 79.4 cm³/mol. The lowest BCUT2D eigenvalue weighted by Gasteiger charge is -2.04. The SMILES string of the molecule is CSCCCNC(=O)c1ccc2nc(N)sc2c1. The number of nitrogens with one attached hydrogen (secondary N) is 1. The number of nitrogens with zero attached hydrogens (tertiary/aromatic N) is 1. The number of thioether (sulfide) groups is 1. The molecule has 2 rings (SSSR count). The van der Waals surface area contributed by atoms with Crippen molar-refractivity contribution < 1.29 is 4.79 Å². The fourth-order valence-corrected chi connectivity index (χ4v) is 2.81. The van der Waals surface area contributed by atoms with Crippen LogP contribution in [0.4, 0.5) is 5.13 Å². The molecule has 0 aliphatic carbocycles. The molecule has 4 nitrogen and oxygen atoms in total. The quantitative estimate of drug-likeness (QED) is 0.826. The van der Waals surface area contributed by atoms with E-state index < -0.39 is 0 Å². The molecular weight excluding hydrogens is 266 g/mol. The van der Waals surface area contributed by atoms with E-state index in [1.807, 2.05) is 12.1 Å². The van der Waals surface area contributed by atoms with Crippen LogP contribution in [0.2, 0.25) is 0 Å². The van der Waals surface area contributed by atoms with Crippen LogP contribution in [-0.2, 0) is 0 Å². The van der Waals surface area contributed by atoms with Gasteiger partial charge in [0.2, 0.25) is 0 Å². The van der Waals surface area contributed by atoms with Crippen LogP contribution in [0.1, 0.15) is 16.8 Å². The van der Waals surface area contributed by atoms with Crippen LogP contribution >= 0.6 is 23.1 Å². The molecule has 0 saturated heterocycles. The fourth-order valence-electron chi connectivity index (χ4n) is 1.60. The monoisotopic (exact) mass is 281 g/mol. The van der Waals surface area contributed by atoms with Crippen LogP contribution in [0, 0.1) is 0 Å². The molecule has 0 unspecified atom stereocenters. The van der Waals surface area contributed by atoms with Gasteiger partial charge in [-0.05, 0) is 36.6 Å². The van der Waals surface area contributed by atoms with Crippen LogP contribution < -0.4 is 11.1 Å². The summed E-state index contributed by atoms with van der Waals surface area (Å²) in [6.45, 7) is 0.711. The normalized spacial score (nSPS) is 10.7. The third kappa shape index (κ3) is 3.14. The maximum absolute atomic E-state index is 11.9. The molecule has 0 fully saturated rings. The third-order valence-corrected chi connectivity index (χ3v) is 4.02. The Balaban J connectivity index is 2.03. The predicted octanol–water partition coefficient (Wildman–Crippen LogP) is 2.36. The molecule has 0 bridgehead atoms. The second-order valence-electron chi connectivity index (χ2n) is 3.84. The number of carbonyl (C=O) groups is 1. The van der Waals surface area contributed by atoms with E-state index in [4.69, 9.17) is 5.73 Å². The highest BCUT2D eigenvalue weighted by molar-refractivity contribution is 7.98. The van der Waals surface area contributed by atoms with Crippen LogP contribution in [-0.4, -0.2) is 29.4 Å². The smallest absolute Gasteiger partial charge is 0.251 e. The number of benzene rings is 1. The van der Waals surface area contributed by atoms with Gasteiger partial charge in [-0.2, -0.15) is 11.8 Å². The average Bonchev–Trinajstić information content (AvgIpc) is 2.73. The maximum atomic E-state index is 11.9. The van der Waals surface area contributed by atoms with E-state index in [9.17, 15) is 4.79 Å². The summed E-state index contributed by atoms with van der Waals surface area (Å²) in [5, 5.41) is 3.44. The number of nitrogen functional groups attached to an aromatic ring is 1. The summed E-state index contributed by atoms with van der Waals surface area (Å²) in [6, 6.07) is 5.46. The van der Waals surface area contributed by atoms with E-state index in [0.717, 1.165) is 22.4 Å². The summed E-state index contributed by atoms with van der Waals surface area (Å²) < 4.78 is 0.948. The molecule has 6 heteroatoms. The zero-order valence-corrected chi connectivity index (χ0v) is 11.7. The Kier molecular flexibility index (Phi) is 4.43. The summed E-state index contributed by atoms with van der Waals surface area (Å²) in [5.74, 6) is 1.02. The van der Waals surface area contributed by atoms with Crippen molar-refractivity contribution in [3.63, 3.8) is 0 Å². The largest absolute Gasteiger partial charge is 0.375 e. The molecule has 1 aromatic carbocycles. The highest BCUT2D eigenvalue weighted by Gasteiger charge is 2.07. The van der Waals surface area contributed by atoms with Crippen LogP contribution in [0.25, 0.3) is 10.2 Å². The summed E-state index contributed by atoms with van der Waals surface area (Å²) in [5.41, 5.74) is 7.14.